The van der Waals surface area contributed by atoms with Gasteiger partial charge in [-0.25, -0.2) is 4.79 Å². The fraction of sp³-hybridized carbons (Fsp3) is 0.250. The molecule has 0 aliphatic carbocycles. The third-order valence-electron chi connectivity index (χ3n) is 1.64. The van der Waals surface area contributed by atoms with E-state index in [1.165, 1.54) is 0 Å². The Kier molecular flexibility index (Phi) is 4.41. The Morgan fingerprint density at radius 3 is 3.07 bits per heavy atom. The molecule has 0 saturated carbocycles. The maximum Gasteiger partial charge on any atom is 0.330 e. The first-order valence-electron chi connectivity index (χ1n) is 4.65. The minimum Gasteiger partial charge on any atom is -0.489 e. The van der Waals surface area contributed by atoms with Crippen LogP contribution in [0.15, 0.2) is 36.9 Å². The molecule has 3 heteroatoms. The van der Waals surface area contributed by atoms with E-state index < -0.39 is 5.97 Å². The third-order valence-corrected chi connectivity index (χ3v) is 1.64. The van der Waals surface area contributed by atoms with E-state index in [0.29, 0.717) is 12.4 Å². The van der Waals surface area contributed by atoms with Gasteiger partial charge in [0.05, 0.1) is 0 Å². The maximum atomic E-state index is 10.8. The van der Waals surface area contributed by atoms with Crippen LogP contribution in [0.3, 0.4) is 0 Å². The zero-order valence-electron chi connectivity index (χ0n) is 8.60. The van der Waals surface area contributed by atoms with Crippen LogP contribution in [0.2, 0.25) is 0 Å². The Morgan fingerprint density at radius 2 is 2.47 bits per heavy atom. The van der Waals surface area contributed by atoms with Crippen LogP contribution in [-0.2, 0) is 9.53 Å². The Labute approximate surface area is 89.3 Å². The van der Waals surface area contributed by atoms with Crippen molar-refractivity contribution in [1.82, 2.24) is 0 Å². The zero-order chi connectivity index (χ0) is 11.1. The molecule has 1 rings (SSSR count). The topological polar surface area (TPSA) is 35.5 Å². The molecular weight excluding hydrogens is 192 g/mol. The summed E-state index contributed by atoms with van der Waals surface area (Å²) < 4.78 is 10.3. The number of benzene rings is 1. The fourth-order valence-corrected chi connectivity index (χ4v) is 0.954. The molecular formula is C12H13O3. The van der Waals surface area contributed by atoms with Crippen LogP contribution in [-0.4, -0.2) is 18.7 Å². The van der Waals surface area contributed by atoms with Crippen LogP contribution in [0.5, 0.6) is 5.75 Å². The first kappa shape index (κ1) is 11.3. The van der Waals surface area contributed by atoms with E-state index in [1.54, 1.807) is 19.1 Å². The molecule has 0 spiro atoms. The smallest absolute Gasteiger partial charge is 0.330 e. The number of para-hydroxylation sites is 1. The second-order valence-corrected chi connectivity index (χ2v) is 2.99. The van der Waals surface area contributed by atoms with Crippen molar-refractivity contribution in [3.05, 3.63) is 43.0 Å². The molecule has 0 N–H and O–H groups in total. The van der Waals surface area contributed by atoms with E-state index in [2.05, 4.69) is 12.6 Å². The van der Waals surface area contributed by atoms with Crippen molar-refractivity contribution in [2.75, 3.05) is 6.61 Å². The molecule has 15 heavy (non-hydrogen) atoms. The summed E-state index contributed by atoms with van der Waals surface area (Å²) in [6.45, 7) is 5.37. The van der Waals surface area contributed by atoms with Gasteiger partial charge in [-0.3, -0.25) is 0 Å². The lowest BCUT2D eigenvalue weighted by atomic mass is 10.3. The predicted octanol–water partition coefficient (Wildman–Crippen LogP) is 1.98. The van der Waals surface area contributed by atoms with Crippen molar-refractivity contribution in [3.63, 3.8) is 0 Å². The molecule has 1 radical (unpaired) electrons. The standard InChI is InChI=1S/C12H13O3/c1-3-12(13)15-10(2)9-14-11-7-5-4-6-8-11/h3-7,10H,1,9H2,2H3. The summed E-state index contributed by atoms with van der Waals surface area (Å²) >= 11 is 0. The average Bonchev–Trinajstić information content (AvgIpc) is 2.27. The van der Waals surface area contributed by atoms with Crippen LogP contribution in [0.25, 0.3) is 0 Å². The predicted molar refractivity (Wildman–Crippen MR) is 56.5 cm³/mol. The number of hydrogen-bond acceptors (Lipinski definition) is 3. The quantitative estimate of drug-likeness (QED) is 0.544. The van der Waals surface area contributed by atoms with Crippen molar-refractivity contribution >= 4 is 5.97 Å². The van der Waals surface area contributed by atoms with Gasteiger partial charge in [-0.15, -0.1) is 0 Å². The lowest BCUT2D eigenvalue weighted by Crippen LogP contribution is -2.20. The summed E-state index contributed by atoms with van der Waals surface area (Å²) in [5, 5.41) is 0. The van der Waals surface area contributed by atoms with Gasteiger partial charge in [0.1, 0.15) is 18.5 Å². The fourth-order valence-electron chi connectivity index (χ4n) is 0.954. The summed E-state index contributed by atoms with van der Waals surface area (Å²) in [6.07, 6.45) is 0.828. The SMILES string of the molecule is C=CC(=O)OC(C)COc1[c]cccc1. The lowest BCUT2D eigenvalue weighted by Gasteiger charge is -2.12. The number of carbonyl (C=O) groups is 1. The van der Waals surface area contributed by atoms with Gasteiger partial charge >= 0.3 is 5.97 Å². The van der Waals surface area contributed by atoms with Gasteiger partial charge in [0.15, 0.2) is 0 Å². The first-order chi connectivity index (χ1) is 7.22. The lowest BCUT2D eigenvalue weighted by molar-refractivity contribution is -0.143. The second-order valence-electron chi connectivity index (χ2n) is 2.99. The van der Waals surface area contributed by atoms with Crippen LogP contribution in [0.4, 0.5) is 0 Å². The van der Waals surface area contributed by atoms with Gasteiger partial charge in [0.2, 0.25) is 0 Å². The molecule has 0 aliphatic heterocycles. The summed E-state index contributed by atoms with van der Waals surface area (Å²) in [6, 6.07) is 10.2. The van der Waals surface area contributed by atoms with Crippen molar-refractivity contribution in [2.24, 2.45) is 0 Å². The van der Waals surface area contributed by atoms with E-state index >= 15 is 0 Å². The van der Waals surface area contributed by atoms with E-state index in [-0.39, 0.29) is 6.10 Å². The largest absolute Gasteiger partial charge is 0.489 e. The molecule has 0 heterocycles. The molecule has 3 nitrogen and oxygen atoms in total. The molecule has 0 fully saturated rings. The summed E-state index contributed by atoms with van der Waals surface area (Å²) in [5.41, 5.74) is 0. The van der Waals surface area contributed by atoms with Crippen molar-refractivity contribution < 1.29 is 14.3 Å². The van der Waals surface area contributed by atoms with Gasteiger partial charge in [0.25, 0.3) is 0 Å². The normalized spacial score (nSPS) is 11.5. The highest BCUT2D eigenvalue weighted by Gasteiger charge is 2.06. The van der Waals surface area contributed by atoms with Crippen LogP contribution >= 0.6 is 0 Å². The first-order valence-corrected chi connectivity index (χ1v) is 4.65. The summed E-state index contributed by atoms with van der Waals surface area (Å²) in [4.78, 5) is 10.8. The number of ether oxygens (including phenoxy) is 2. The van der Waals surface area contributed by atoms with Gasteiger partial charge in [-0.05, 0) is 13.0 Å². The van der Waals surface area contributed by atoms with Gasteiger partial charge in [-0.2, -0.15) is 0 Å². The van der Waals surface area contributed by atoms with Crippen molar-refractivity contribution in [2.45, 2.75) is 13.0 Å². The molecule has 0 saturated heterocycles. The third kappa shape index (κ3) is 4.31. The summed E-state index contributed by atoms with van der Waals surface area (Å²) in [5.74, 6) is 0.196. The Balaban J connectivity index is 2.31. The molecule has 1 atom stereocenters. The van der Waals surface area contributed by atoms with Crippen molar-refractivity contribution in [3.8, 4) is 5.75 Å². The molecule has 0 aromatic heterocycles. The van der Waals surface area contributed by atoms with Gasteiger partial charge < -0.3 is 9.47 Å². The van der Waals surface area contributed by atoms with Crippen LogP contribution in [0, 0.1) is 6.07 Å². The average molecular weight is 205 g/mol. The Hall–Kier alpha value is -1.77. The van der Waals surface area contributed by atoms with E-state index in [1.807, 2.05) is 12.1 Å². The van der Waals surface area contributed by atoms with Crippen LogP contribution < -0.4 is 4.74 Å². The minimum atomic E-state index is -0.442. The molecule has 0 bridgehead atoms. The number of rotatable bonds is 5. The summed E-state index contributed by atoms with van der Waals surface area (Å²) in [7, 11) is 0. The highest BCUT2D eigenvalue weighted by Crippen LogP contribution is 2.08. The van der Waals surface area contributed by atoms with Crippen LogP contribution in [0.1, 0.15) is 6.92 Å². The maximum absolute atomic E-state index is 10.8. The molecule has 1 aromatic carbocycles. The van der Waals surface area contributed by atoms with E-state index in [0.717, 1.165) is 6.08 Å². The molecule has 79 valence electrons. The number of esters is 1. The Morgan fingerprint density at radius 1 is 1.67 bits per heavy atom. The second kappa shape index (κ2) is 5.86. The molecule has 1 unspecified atom stereocenters. The van der Waals surface area contributed by atoms with Gasteiger partial charge in [0, 0.05) is 12.1 Å². The monoisotopic (exact) mass is 205 g/mol. The van der Waals surface area contributed by atoms with Gasteiger partial charge in [-0.1, -0.05) is 24.8 Å². The number of carbonyl (C=O) groups excluding carboxylic acids is 1. The minimum absolute atomic E-state index is 0.302. The Bertz CT molecular complexity index is 319. The zero-order valence-corrected chi connectivity index (χ0v) is 8.60. The highest BCUT2D eigenvalue weighted by molar-refractivity contribution is 5.81. The van der Waals surface area contributed by atoms with E-state index in [4.69, 9.17) is 9.47 Å². The molecule has 0 amide bonds. The highest BCUT2D eigenvalue weighted by atomic mass is 16.6. The molecule has 1 aromatic rings. The number of hydrogen-bond donors (Lipinski definition) is 0. The van der Waals surface area contributed by atoms with Crippen molar-refractivity contribution in [1.29, 1.82) is 0 Å². The molecule has 0 aliphatic rings. The van der Waals surface area contributed by atoms with E-state index in [9.17, 15) is 4.79 Å².